The summed E-state index contributed by atoms with van der Waals surface area (Å²) in [5, 5.41) is 2.55. The van der Waals surface area contributed by atoms with Gasteiger partial charge in [0.1, 0.15) is 0 Å². The van der Waals surface area contributed by atoms with Crippen LogP contribution in [0.4, 0.5) is 18.9 Å². The molecule has 1 aliphatic rings. The molecule has 1 aromatic carbocycles. The molecule has 1 fully saturated rings. The molecule has 1 aliphatic heterocycles. The second-order valence-corrected chi connectivity index (χ2v) is 5.63. The van der Waals surface area contributed by atoms with Crippen molar-refractivity contribution in [1.29, 1.82) is 0 Å². The number of carbonyl (C=O) groups is 1. The molecule has 1 saturated heterocycles. The number of guanidine groups is 1. The summed E-state index contributed by atoms with van der Waals surface area (Å²) in [6, 6.07) is 5.42. The van der Waals surface area contributed by atoms with Gasteiger partial charge in [0, 0.05) is 13.2 Å². The number of hydrogen-bond acceptors (Lipinski definition) is 4. The first-order valence-electron chi connectivity index (χ1n) is 7.51. The number of benzene rings is 1. The Morgan fingerprint density at radius 3 is 2.52 bits per heavy atom. The van der Waals surface area contributed by atoms with Crippen LogP contribution in [0.15, 0.2) is 29.3 Å². The van der Waals surface area contributed by atoms with Gasteiger partial charge >= 0.3 is 6.36 Å². The Morgan fingerprint density at radius 1 is 1.28 bits per heavy atom. The SMILES string of the molecule is NC(=O)C1(CN=C(N)Nc2ccccc2OC(F)(F)F)CCOCC1. The van der Waals surface area contributed by atoms with E-state index in [9.17, 15) is 18.0 Å². The van der Waals surface area contributed by atoms with E-state index in [4.69, 9.17) is 16.2 Å². The predicted octanol–water partition coefficient (Wildman–Crippen LogP) is 1.59. The van der Waals surface area contributed by atoms with E-state index < -0.39 is 23.4 Å². The largest absolute Gasteiger partial charge is 0.573 e. The zero-order chi connectivity index (χ0) is 18.5. The van der Waals surface area contributed by atoms with Crippen molar-refractivity contribution in [3.05, 3.63) is 24.3 Å². The molecule has 0 saturated carbocycles. The molecule has 0 aromatic heterocycles. The van der Waals surface area contributed by atoms with Crippen molar-refractivity contribution in [2.75, 3.05) is 25.1 Å². The maximum absolute atomic E-state index is 12.4. The number of para-hydroxylation sites is 2. The van der Waals surface area contributed by atoms with Crippen LogP contribution in [0.25, 0.3) is 0 Å². The Labute approximate surface area is 142 Å². The van der Waals surface area contributed by atoms with Gasteiger partial charge < -0.3 is 26.3 Å². The van der Waals surface area contributed by atoms with Gasteiger partial charge in [-0.15, -0.1) is 13.2 Å². The second-order valence-electron chi connectivity index (χ2n) is 5.63. The molecule has 0 unspecified atom stereocenters. The van der Waals surface area contributed by atoms with Gasteiger partial charge in [0.05, 0.1) is 17.6 Å². The Bertz CT molecular complexity index is 643. The van der Waals surface area contributed by atoms with Crippen molar-refractivity contribution >= 4 is 17.6 Å². The molecule has 0 atom stereocenters. The molecule has 25 heavy (non-hydrogen) atoms. The molecule has 0 radical (unpaired) electrons. The predicted molar refractivity (Wildman–Crippen MR) is 84.9 cm³/mol. The third kappa shape index (κ3) is 5.24. The first-order chi connectivity index (χ1) is 11.7. The van der Waals surface area contributed by atoms with Crippen LogP contribution >= 0.6 is 0 Å². The number of amides is 1. The van der Waals surface area contributed by atoms with Crippen LogP contribution in [0.2, 0.25) is 0 Å². The summed E-state index contributed by atoms with van der Waals surface area (Å²) in [5.41, 5.74) is 10.3. The van der Waals surface area contributed by atoms with Gasteiger partial charge in [-0.05, 0) is 25.0 Å². The standard InChI is InChI=1S/C15H19F3N4O3/c16-15(17,18)25-11-4-2-1-3-10(11)22-13(20)21-9-14(12(19)23)5-7-24-8-6-14/h1-4H,5-9H2,(H2,19,23)(H3,20,21,22). The Kier molecular flexibility index (Phi) is 5.73. The minimum absolute atomic E-state index is 0.00109. The highest BCUT2D eigenvalue weighted by molar-refractivity contribution is 5.94. The summed E-state index contributed by atoms with van der Waals surface area (Å²) >= 11 is 0. The van der Waals surface area contributed by atoms with Crippen molar-refractivity contribution in [2.45, 2.75) is 19.2 Å². The number of rotatable bonds is 5. The lowest BCUT2D eigenvalue weighted by molar-refractivity contribution is -0.274. The summed E-state index contributed by atoms with van der Waals surface area (Å²) in [4.78, 5) is 15.8. The van der Waals surface area contributed by atoms with Gasteiger partial charge in [-0.25, -0.2) is 0 Å². The van der Waals surface area contributed by atoms with Crippen LogP contribution in [0.5, 0.6) is 5.75 Å². The van der Waals surface area contributed by atoms with Crippen LogP contribution in [0, 0.1) is 5.41 Å². The molecular formula is C15H19F3N4O3. The van der Waals surface area contributed by atoms with Crippen molar-refractivity contribution in [3.8, 4) is 5.75 Å². The summed E-state index contributed by atoms with van der Waals surface area (Å²) in [7, 11) is 0. The van der Waals surface area contributed by atoms with Crippen molar-refractivity contribution in [2.24, 2.45) is 21.9 Å². The summed E-state index contributed by atoms with van der Waals surface area (Å²) in [6.07, 6.45) is -4.01. The van der Waals surface area contributed by atoms with Crippen LogP contribution in [-0.2, 0) is 9.53 Å². The first-order valence-corrected chi connectivity index (χ1v) is 7.51. The number of alkyl halides is 3. The van der Waals surface area contributed by atoms with Crippen LogP contribution in [0.1, 0.15) is 12.8 Å². The molecule has 0 bridgehead atoms. The number of anilines is 1. The molecule has 138 valence electrons. The summed E-state index contributed by atoms with van der Waals surface area (Å²) in [6.45, 7) is 0.787. The quantitative estimate of drug-likeness (QED) is 0.545. The fourth-order valence-corrected chi connectivity index (χ4v) is 2.44. The van der Waals surface area contributed by atoms with E-state index in [1.807, 2.05) is 0 Å². The molecule has 2 rings (SSSR count). The number of halogens is 3. The fraction of sp³-hybridized carbons (Fsp3) is 0.467. The molecule has 1 aromatic rings. The van der Waals surface area contributed by atoms with Gasteiger partial charge in [0.25, 0.3) is 0 Å². The summed E-state index contributed by atoms with van der Waals surface area (Å²) < 4.78 is 46.4. The third-order valence-corrected chi connectivity index (χ3v) is 3.90. The average Bonchev–Trinajstić information content (AvgIpc) is 2.54. The topological polar surface area (TPSA) is 112 Å². The maximum atomic E-state index is 12.4. The second kappa shape index (κ2) is 7.60. The van der Waals surface area contributed by atoms with Gasteiger partial charge in [0.2, 0.25) is 5.91 Å². The zero-order valence-corrected chi connectivity index (χ0v) is 13.3. The highest BCUT2D eigenvalue weighted by atomic mass is 19.4. The monoisotopic (exact) mass is 360 g/mol. The maximum Gasteiger partial charge on any atom is 0.573 e. The number of carbonyl (C=O) groups excluding carboxylic acids is 1. The van der Waals surface area contributed by atoms with Crippen LogP contribution < -0.4 is 21.5 Å². The van der Waals surface area contributed by atoms with E-state index in [1.54, 1.807) is 0 Å². The third-order valence-electron chi connectivity index (χ3n) is 3.90. The van der Waals surface area contributed by atoms with E-state index >= 15 is 0 Å². The summed E-state index contributed by atoms with van der Waals surface area (Å²) in [5.74, 6) is -1.10. The Hall–Kier alpha value is -2.49. The van der Waals surface area contributed by atoms with Crippen molar-refractivity contribution < 1.29 is 27.4 Å². The minimum Gasteiger partial charge on any atom is -0.404 e. The van der Waals surface area contributed by atoms with Gasteiger partial charge in [0.15, 0.2) is 11.7 Å². The molecular weight excluding hydrogens is 341 g/mol. The number of nitrogens with one attached hydrogen (secondary N) is 1. The lowest BCUT2D eigenvalue weighted by atomic mass is 9.79. The number of nitrogens with zero attached hydrogens (tertiary/aromatic N) is 1. The van der Waals surface area contributed by atoms with E-state index in [0.717, 1.165) is 6.07 Å². The smallest absolute Gasteiger partial charge is 0.404 e. The first kappa shape index (κ1) is 18.8. The molecule has 0 aliphatic carbocycles. The highest BCUT2D eigenvalue weighted by Gasteiger charge is 2.38. The van der Waals surface area contributed by atoms with Crippen molar-refractivity contribution in [1.82, 2.24) is 0 Å². The van der Waals surface area contributed by atoms with Crippen LogP contribution in [0.3, 0.4) is 0 Å². The van der Waals surface area contributed by atoms with E-state index in [-0.39, 0.29) is 18.2 Å². The molecule has 1 heterocycles. The van der Waals surface area contributed by atoms with Crippen molar-refractivity contribution in [3.63, 3.8) is 0 Å². The zero-order valence-electron chi connectivity index (χ0n) is 13.3. The number of ether oxygens (including phenoxy) is 2. The molecule has 7 nitrogen and oxygen atoms in total. The van der Waals surface area contributed by atoms with Gasteiger partial charge in [-0.2, -0.15) is 0 Å². The Morgan fingerprint density at radius 2 is 1.92 bits per heavy atom. The number of primary amides is 1. The molecule has 5 N–H and O–H groups in total. The van der Waals surface area contributed by atoms with Crippen LogP contribution in [-0.4, -0.2) is 38.0 Å². The highest BCUT2D eigenvalue weighted by Crippen LogP contribution is 2.31. The van der Waals surface area contributed by atoms with E-state index in [2.05, 4.69) is 15.0 Å². The normalized spacial score (nSPS) is 17.8. The lowest BCUT2D eigenvalue weighted by Gasteiger charge is -2.32. The number of aliphatic imine (C=N–C) groups is 1. The van der Waals surface area contributed by atoms with Gasteiger partial charge in [-0.3, -0.25) is 9.79 Å². The number of hydrogen-bond donors (Lipinski definition) is 3. The van der Waals surface area contributed by atoms with E-state index in [1.165, 1.54) is 18.2 Å². The fourth-order valence-electron chi connectivity index (χ4n) is 2.44. The Balaban J connectivity index is 2.10. The number of nitrogens with two attached hydrogens (primary N) is 2. The lowest BCUT2D eigenvalue weighted by Crippen LogP contribution is -2.44. The molecule has 10 heteroatoms. The van der Waals surface area contributed by atoms with Gasteiger partial charge in [-0.1, -0.05) is 12.1 Å². The molecule has 1 amide bonds. The van der Waals surface area contributed by atoms with E-state index in [0.29, 0.717) is 26.1 Å². The average molecular weight is 360 g/mol. The minimum atomic E-state index is -4.83. The molecule has 0 spiro atoms.